The zero-order valence-corrected chi connectivity index (χ0v) is 15.7. The molecule has 0 saturated carbocycles. The van der Waals surface area contributed by atoms with Crippen LogP contribution in [0, 0.1) is 5.92 Å². The second kappa shape index (κ2) is 9.25. The maximum Gasteiger partial charge on any atom is 0.255 e. The van der Waals surface area contributed by atoms with E-state index >= 15 is 0 Å². The number of nitrogens with zero attached hydrogens (tertiary/aromatic N) is 1. The van der Waals surface area contributed by atoms with Crippen molar-refractivity contribution in [3.8, 4) is 11.5 Å². The fraction of sp³-hybridized carbons (Fsp3) is 0.632. The standard InChI is InChI=1S/C19H29N3O5/c1-20-14-9-15(18-17(10-14)26-7-8-27-18)19(25)21-11-13-3-5-22(4-2-6-23)12-16(13)24/h9-10,13,16,20,23-24H,2-8,11-12H2,1H3,(H,21,25)/t13-,16?/m0/s1. The number of aliphatic hydroxyl groups excluding tert-OH is 2. The number of nitrogens with one attached hydrogen (secondary N) is 2. The number of aliphatic hydroxyl groups is 2. The number of anilines is 1. The van der Waals surface area contributed by atoms with Crippen LogP contribution in [0.5, 0.6) is 11.5 Å². The Bertz CT molecular complexity index is 654. The van der Waals surface area contributed by atoms with Gasteiger partial charge in [-0.2, -0.15) is 0 Å². The lowest BCUT2D eigenvalue weighted by Crippen LogP contribution is -2.48. The highest BCUT2D eigenvalue weighted by Crippen LogP contribution is 2.37. The molecule has 8 heteroatoms. The number of β-amino-alcohol motifs (C(OH)–C–C–N with tert-alkyl or cyclic N) is 1. The molecule has 0 spiro atoms. The van der Waals surface area contributed by atoms with Gasteiger partial charge in [-0.1, -0.05) is 0 Å². The van der Waals surface area contributed by atoms with Crippen LogP contribution >= 0.6 is 0 Å². The highest BCUT2D eigenvalue weighted by Gasteiger charge is 2.28. The molecular weight excluding hydrogens is 350 g/mol. The molecule has 150 valence electrons. The van der Waals surface area contributed by atoms with Crippen LogP contribution in [0.15, 0.2) is 12.1 Å². The van der Waals surface area contributed by atoms with Gasteiger partial charge >= 0.3 is 0 Å². The Morgan fingerprint density at radius 1 is 1.33 bits per heavy atom. The molecule has 0 bridgehead atoms. The first kappa shape index (κ1) is 19.7. The number of likely N-dealkylation sites (tertiary alicyclic amines) is 1. The minimum atomic E-state index is -0.491. The lowest BCUT2D eigenvalue weighted by molar-refractivity contribution is 0.0201. The number of ether oxygens (including phenoxy) is 2. The Morgan fingerprint density at radius 2 is 2.15 bits per heavy atom. The quantitative estimate of drug-likeness (QED) is 0.540. The molecule has 4 N–H and O–H groups in total. The molecule has 1 saturated heterocycles. The Morgan fingerprint density at radius 3 is 2.89 bits per heavy atom. The van der Waals surface area contributed by atoms with Gasteiger partial charge in [0.25, 0.3) is 5.91 Å². The van der Waals surface area contributed by atoms with Gasteiger partial charge in [-0.05, 0) is 25.5 Å². The number of benzene rings is 1. The number of carbonyl (C=O) groups is 1. The van der Waals surface area contributed by atoms with Crippen LogP contribution < -0.4 is 20.1 Å². The molecule has 1 aromatic rings. The van der Waals surface area contributed by atoms with E-state index in [1.165, 1.54) is 0 Å². The zero-order valence-electron chi connectivity index (χ0n) is 15.7. The van der Waals surface area contributed by atoms with Crippen LogP contribution in [0.4, 0.5) is 5.69 Å². The summed E-state index contributed by atoms with van der Waals surface area (Å²) in [4.78, 5) is 14.9. The highest BCUT2D eigenvalue weighted by atomic mass is 16.6. The maximum atomic E-state index is 12.7. The summed E-state index contributed by atoms with van der Waals surface area (Å²) < 4.78 is 11.3. The number of fused-ring (bicyclic) bond motifs is 1. The summed E-state index contributed by atoms with van der Waals surface area (Å²) in [6, 6.07) is 3.56. The van der Waals surface area contributed by atoms with Gasteiger partial charge in [-0.25, -0.2) is 0 Å². The van der Waals surface area contributed by atoms with E-state index in [1.54, 1.807) is 13.1 Å². The summed E-state index contributed by atoms with van der Waals surface area (Å²) in [6.07, 6.45) is 1.03. The van der Waals surface area contributed by atoms with Crippen molar-refractivity contribution >= 4 is 11.6 Å². The van der Waals surface area contributed by atoms with Crippen molar-refractivity contribution in [1.29, 1.82) is 0 Å². The van der Waals surface area contributed by atoms with Crippen molar-refractivity contribution in [1.82, 2.24) is 10.2 Å². The van der Waals surface area contributed by atoms with Crippen LogP contribution in [0.1, 0.15) is 23.2 Å². The fourth-order valence-corrected chi connectivity index (χ4v) is 3.57. The number of rotatable bonds is 7. The summed E-state index contributed by atoms with van der Waals surface area (Å²) in [7, 11) is 1.79. The third-order valence-electron chi connectivity index (χ3n) is 5.14. The van der Waals surface area contributed by atoms with E-state index in [0.29, 0.717) is 49.8 Å². The summed E-state index contributed by atoms with van der Waals surface area (Å²) in [5.74, 6) is 0.816. The largest absolute Gasteiger partial charge is 0.486 e. The van der Waals surface area contributed by atoms with E-state index in [1.807, 2.05) is 6.07 Å². The summed E-state index contributed by atoms with van der Waals surface area (Å²) >= 11 is 0. The predicted octanol–water partition coefficient (Wildman–Crippen LogP) is 0.294. The second-order valence-corrected chi connectivity index (χ2v) is 7.00. The molecule has 8 nitrogen and oxygen atoms in total. The van der Waals surface area contributed by atoms with Crippen molar-refractivity contribution in [2.75, 3.05) is 58.4 Å². The molecule has 27 heavy (non-hydrogen) atoms. The summed E-state index contributed by atoms with van der Waals surface area (Å²) in [5.41, 5.74) is 1.22. The Hall–Kier alpha value is -2.03. The lowest BCUT2D eigenvalue weighted by atomic mass is 9.93. The van der Waals surface area contributed by atoms with Gasteiger partial charge < -0.3 is 35.2 Å². The van der Waals surface area contributed by atoms with E-state index in [2.05, 4.69) is 15.5 Å². The van der Waals surface area contributed by atoms with Crippen molar-refractivity contribution in [3.05, 3.63) is 17.7 Å². The molecule has 1 amide bonds. The minimum absolute atomic E-state index is 0.0137. The van der Waals surface area contributed by atoms with E-state index in [-0.39, 0.29) is 18.4 Å². The lowest BCUT2D eigenvalue weighted by Gasteiger charge is -2.36. The molecule has 0 radical (unpaired) electrons. The maximum absolute atomic E-state index is 12.7. The van der Waals surface area contributed by atoms with Crippen LogP contribution in [0.3, 0.4) is 0 Å². The molecule has 1 fully saturated rings. The SMILES string of the molecule is CNc1cc2c(c(C(=O)NC[C@@H]3CCN(CCCO)CC3O)c1)OCCO2. The molecule has 1 unspecified atom stereocenters. The van der Waals surface area contributed by atoms with Crippen molar-refractivity contribution < 1.29 is 24.5 Å². The molecule has 0 aromatic heterocycles. The smallest absolute Gasteiger partial charge is 0.255 e. The molecule has 2 atom stereocenters. The van der Waals surface area contributed by atoms with Gasteiger partial charge in [-0.3, -0.25) is 4.79 Å². The molecule has 2 heterocycles. The average Bonchev–Trinajstić information content (AvgIpc) is 2.70. The minimum Gasteiger partial charge on any atom is -0.486 e. The van der Waals surface area contributed by atoms with E-state index in [4.69, 9.17) is 14.6 Å². The van der Waals surface area contributed by atoms with Gasteiger partial charge in [0.1, 0.15) is 13.2 Å². The molecule has 0 aliphatic carbocycles. The third-order valence-corrected chi connectivity index (χ3v) is 5.14. The van der Waals surface area contributed by atoms with E-state index in [0.717, 1.165) is 25.2 Å². The Kier molecular flexibility index (Phi) is 6.76. The average molecular weight is 379 g/mol. The Balaban J connectivity index is 1.60. The monoisotopic (exact) mass is 379 g/mol. The van der Waals surface area contributed by atoms with E-state index in [9.17, 15) is 9.90 Å². The Labute approximate surface area is 159 Å². The normalized spacial score (nSPS) is 22.3. The predicted molar refractivity (Wildman–Crippen MR) is 102 cm³/mol. The second-order valence-electron chi connectivity index (χ2n) is 7.00. The topological polar surface area (TPSA) is 103 Å². The first-order valence-corrected chi connectivity index (χ1v) is 9.53. The number of carbonyl (C=O) groups excluding carboxylic acids is 1. The van der Waals surface area contributed by atoms with Crippen molar-refractivity contribution in [2.45, 2.75) is 18.9 Å². The number of hydrogen-bond donors (Lipinski definition) is 4. The number of amides is 1. The number of hydrogen-bond acceptors (Lipinski definition) is 7. The molecule has 1 aromatic carbocycles. The first-order valence-electron chi connectivity index (χ1n) is 9.53. The van der Waals surface area contributed by atoms with Gasteiger partial charge in [0, 0.05) is 51.0 Å². The summed E-state index contributed by atoms with van der Waals surface area (Å²) in [6.45, 7) is 3.66. The summed E-state index contributed by atoms with van der Waals surface area (Å²) in [5, 5.41) is 25.3. The van der Waals surface area contributed by atoms with Crippen LogP contribution in [-0.4, -0.2) is 80.2 Å². The van der Waals surface area contributed by atoms with Crippen molar-refractivity contribution in [3.63, 3.8) is 0 Å². The van der Waals surface area contributed by atoms with E-state index < -0.39 is 6.10 Å². The van der Waals surface area contributed by atoms with Gasteiger partial charge in [0.15, 0.2) is 11.5 Å². The van der Waals surface area contributed by atoms with Gasteiger partial charge in [0.05, 0.1) is 11.7 Å². The van der Waals surface area contributed by atoms with Gasteiger partial charge in [0.2, 0.25) is 0 Å². The van der Waals surface area contributed by atoms with Crippen LogP contribution in [0.2, 0.25) is 0 Å². The molecular formula is C19H29N3O5. The number of piperidine rings is 1. The van der Waals surface area contributed by atoms with Crippen LogP contribution in [-0.2, 0) is 0 Å². The fourth-order valence-electron chi connectivity index (χ4n) is 3.57. The van der Waals surface area contributed by atoms with Gasteiger partial charge in [-0.15, -0.1) is 0 Å². The molecule has 2 aliphatic rings. The zero-order chi connectivity index (χ0) is 19.2. The first-order chi connectivity index (χ1) is 13.1. The van der Waals surface area contributed by atoms with Crippen LogP contribution in [0.25, 0.3) is 0 Å². The third kappa shape index (κ3) is 4.82. The molecule has 3 rings (SSSR count). The molecule has 2 aliphatic heterocycles. The highest BCUT2D eigenvalue weighted by molar-refractivity contribution is 5.99. The van der Waals surface area contributed by atoms with Crippen molar-refractivity contribution in [2.24, 2.45) is 5.92 Å².